The number of rotatable bonds is 4. The predicted molar refractivity (Wildman–Crippen MR) is 59.4 cm³/mol. The van der Waals surface area contributed by atoms with Crippen molar-refractivity contribution >= 4 is 22.4 Å². The Bertz CT molecular complexity index is 229. The van der Waals surface area contributed by atoms with Crippen molar-refractivity contribution in [3.05, 3.63) is 30.1 Å². The van der Waals surface area contributed by atoms with Gasteiger partial charge in [0.05, 0.1) is 6.61 Å². The molecule has 1 aromatic heterocycles. The number of halogens is 1. The van der Waals surface area contributed by atoms with Crippen LogP contribution < -0.4 is 0 Å². The van der Waals surface area contributed by atoms with E-state index in [-0.39, 0.29) is 0 Å². The SMILES string of the molecule is BrCCc1ccccn1.CCOC=O. The quantitative estimate of drug-likeness (QED) is 0.615. The molecule has 1 rings (SSSR count). The van der Waals surface area contributed by atoms with Crippen LogP contribution in [0.5, 0.6) is 0 Å². The van der Waals surface area contributed by atoms with Gasteiger partial charge < -0.3 is 4.74 Å². The monoisotopic (exact) mass is 259 g/mol. The first kappa shape index (κ1) is 13.1. The van der Waals surface area contributed by atoms with Gasteiger partial charge in [0.15, 0.2) is 0 Å². The summed E-state index contributed by atoms with van der Waals surface area (Å²) in [6.07, 6.45) is 2.83. The number of alkyl halides is 1. The summed E-state index contributed by atoms with van der Waals surface area (Å²) in [7, 11) is 0. The van der Waals surface area contributed by atoms with Gasteiger partial charge in [-0.2, -0.15) is 0 Å². The lowest BCUT2D eigenvalue weighted by atomic mass is 10.3. The fourth-order valence-electron chi connectivity index (χ4n) is 0.711. The first-order valence-electron chi connectivity index (χ1n) is 4.36. The highest BCUT2D eigenvalue weighted by molar-refractivity contribution is 9.09. The highest BCUT2D eigenvalue weighted by atomic mass is 79.9. The Kier molecular flexibility index (Phi) is 9.53. The van der Waals surface area contributed by atoms with Gasteiger partial charge in [0.2, 0.25) is 0 Å². The van der Waals surface area contributed by atoms with E-state index in [1.807, 2.05) is 24.4 Å². The molecular weight excluding hydrogens is 246 g/mol. The minimum absolute atomic E-state index is 0.431. The standard InChI is InChI=1S/C7H8BrN.C3H6O2/c8-5-4-7-3-1-2-6-9-7;1-2-5-3-4/h1-3,6H,4-5H2;3H,2H2,1H3. The molecule has 0 bridgehead atoms. The maximum absolute atomic E-state index is 9.18. The third-order valence-corrected chi connectivity index (χ3v) is 1.71. The summed E-state index contributed by atoms with van der Waals surface area (Å²) < 4.78 is 4.15. The Labute approximate surface area is 92.6 Å². The van der Waals surface area contributed by atoms with Gasteiger partial charge in [-0.15, -0.1) is 0 Å². The minimum Gasteiger partial charge on any atom is -0.468 e. The number of aryl methyl sites for hydroxylation is 1. The Hall–Kier alpha value is -0.900. The van der Waals surface area contributed by atoms with Crippen molar-refractivity contribution in [3.8, 4) is 0 Å². The molecule has 78 valence electrons. The summed E-state index contributed by atoms with van der Waals surface area (Å²) in [5, 5.41) is 0.990. The zero-order chi connectivity index (χ0) is 10.6. The first-order chi connectivity index (χ1) is 6.85. The second kappa shape index (κ2) is 10.2. The third-order valence-electron chi connectivity index (χ3n) is 1.31. The highest BCUT2D eigenvalue weighted by Crippen LogP contribution is 1.95. The Morgan fingerprint density at radius 2 is 2.36 bits per heavy atom. The Morgan fingerprint density at radius 1 is 1.57 bits per heavy atom. The zero-order valence-corrected chi connectivity index (χ0v) is 9.74. The number of carbonyl (C=O) groups excluding carboxylic acids is 1. The van der Waals surface area contributed by atoms with Gasteiger partial charge in [-0.05, 0) is 25.5 Å². The molecular formula is C10H14BrNO2. The van der Waals surface area contributed by atoms with E-state index in [0.717, 1.165) is 17.4 Å². The van der Waals surface area contributed by atoms with Gasteiger partial charge in [-0.1, -0.05) is 22.0 Å². The molecule has 0 unspecified atom stereocenters. The summed E-state index contributed by atoms with van der Waals surface area (Å²) in [5.74, 6) is 0. The van der Waals surface area contributed by atoms with Gasteiger partial charge in [0.1, 0.15) is 0 Å². The molecule has 0 radical (unpaired) electrons. The van der Waals surface area contributed by atoms with Crippen molar-refractivity contribution in [3.63, 3.8) is 0 Å². The van der Waals surface area contributed by atoms with Crippen LogP contribution in [0.1, 0.15) is 12.6 Å². The lowest BCUT2D eigenvalue weighted by Crippen LogP contribution is -1.87. The van der Waals surface area contributed by atoms with E-state index in [1.165, 1.54) is 0 Å². The third kappa shape index (κ3) is 7.73. The topological polar surface area (TPSA) is 39.2 Å². The molecule has 3 nitrogen and oxygen atoms in total. The van der Waals surface area contributed by atoms with Gasteiger partial charge >= 0.3 is 0 Å². The second-order valence-electron chi connectivity index (χ2n) is 2.31. The summed E-state index contributed by atoms with van der Waals surface area (Å²) in [6.45, 7) is 2.66. The van der Waals surface area contributed by atoms with Crippen LogP contribution in [0.25, 0.3) is 0 Å². The molecule has 0 aliphatic rings. The van der Waals surface area contributed by atoms with Crippen molar-refractivity contribution < 1.29 is 9.53 Å². The van der Waals surface area contributed by atoms with Crippen LogP contribution in [0.15, 0.2) is 24.4 Å². The number of hydrogen-bond acceptors (Lipinski definition) is 3. The molecule has 0 aromatic carbocycles. The summed E-state index contributed by atoms with van der Waals surface area (Å²) in [5.41, 5.74) is 1.15. The van der Waals surface area contributed by atoms with E-state index in [9.17, 15) is 4.79 Å². The largest absolute Gasteiger partial charge is 0.468 e. The average molecular weight is 260 g/mol. The molecule has 0 amide bonds. The molecule has 14 heavy (non-hydrogen) atoms. The molecule has 4 heteroatoms. The van der Waals surface area contributed by atoms with E-state index in [0.29, 0.717) is 13.1 Å². The highest BCUT2D eigenvalue weighted by Gasteiger charge is 1.87. The van der Waals surface area contributed by atoms with Crippen molar-refractivity contribution in [1.29, 1.82) is 0 Å². The Balaban J connectivity index is 0.000000292. The fourth-order valence-corrected chi connectivity index (χ4v) is 1.12. The smallest absolute Gasteiger partial charge is 0.293 e. The lowest BCUT2D eigenvalue weighted by molar-refractivity contribution is -0.128. The lowest BCUT2D eigenvalue weighted by Gasteiger charge is -1.91. The molecule has 1 aromatic rings. The summed E-state index contributed by atoms with van der Waals surface area (Å²) in [4.78, 5) is 13.3. The number of aromatic nitrogens is 1. The van der Waals surface area contributed by atoms with Crippen molar-refractivity contribution in [2.24, 2.45) is 0 Å². The normalized spacial score (nSPS) is 8.43. The van der Waals surface area contributed by atoms with Crippen LogP contribution in [0.3, 0.4) is 0 Å². The van der Waals surface area contributed by atoms with Gasteiger partial charge in [0.25, 0.3) is 6.47 Å². The molecule has 0 atom stereocenters. The van der Waals surface area contributed by atoms with Gasteiger partial charge in [0, 0.05) is 17.2 Å². The molecule has 1 heterocycles. The number of pyridine rings is 1. The summed E-state index contributed by atoms with van der Waals surface area (Å²) >= 11 is 3.35. The molecule has 0 aliphatic heterocycles. The molecule has 0 saturated carbocycles. The molecule has 0 fully saturated rings. The van der Waals surface area contributed by atoms with E-state index in [2.05, 4.69) is 25.7 Å². The molecule has 0 spiro atoms. The van der Waals surface area contributed by atoms with Crippen LogP contribution in [-0.2, 0) is 16.0 Å². The predicted octanol–water partition coefficient (Wildman–Crippen LogP) is 2.20. The summed E-state index contributed by atoms with van der Waals surface area (Å²) in [6, 6.07) is 5.96. The Morgan fingerprint density at radius 3 is 2.71 bits per heavy atom. The fraction of sp³-hybridized carbons (Fsp3) is 0.400. The maximum atomic E-state index is 9.18. The number of nitrogens with zero attached hydrogens (tertiary/aromatic N) is 1. The van der Waals surface area contributed by atoms with E-state index in [4.69, 9.17) is 0 Å². The number of hydrogen-bond donors (Lipinski definition) is 0. The molecule has 0 saturated heterocycles. The van der Waals surface area contributed by atoms with Crippen LogP contribution in [0.4, 0.5) is 0 Å². The van der Waals surface area contributed by atoms with Crippen LogP contribution in [-0.4, -0.2) is 23.4 Å². The van der Waals surface area contributed by atoms with Gasteiger partial charge in [-0.3, -0.25) is 9.78 Å². The van der Waals surface area contributed by atoms with E-state index < -0.39 is 0 Å². The number of ether oxygens (including phenoxy) is 1. The van der Waals surface area contributed by atoms with E-state index in [1.54, 1.807) is 6.92 Å². The number of carbonyl (C=O) groups is 1. The maximum Gasteiger partial charge on any atom is 0.293 e. The zero-order valence-electron chi connectivity index (χ0n) is 8.15. The first-order valence-corrected chi connectivity index (χ1v) is 5.48. The van der Waals surface area contributed by atoms with E-state index >= 15 is 0 Å². The molecule has 0 aliphatic carbocycles. The second-order valence-corrected chi connectivity index (χ2v) is 3.10. The minimum atomic E-state index is 0.431. The van der Waals surface area contributed by atoms with Crippen molar-refractivity contribution in [1.82, 2.24) is 4.98 Å². The molecule has 0 N–H and O–H groups in total. The average Bonchev–Trinajstić information content (AvgIpc) is 2.22. The van der Waals surface area contributed by atoms with Crippen LogP contribution in [0.2, 0.25) is 0 Å². The van der Waals surface area contributed by atoms with Gasteiger partial charge in [-0.25, -0.2) is 0 Å². The van der Waals surface area contributed by atoms with Crippen molar-refractivity contribution in [2.45, 2.75) is 13.3 Å². The van der Waals surface area contributed by atoms with Crippen LogP contribution >= 0.6 is 15.9 Å². The van der Waals surface area contributed by atoms with Crippen LogP contribution in [0, 0.1) is 0 Å². The van der Waals surface area contributed by atoms with Crippen molar-refractivity contribution in [2.75, 3.05) is 11.9 Å².